The summed E-state index contributed by atoms with van der Waals surface area (Å²) in [6, 6.07) is 0. The van der Waals surface area contributed by atoms with Crippen LogP contribution in [0.5, 0.6) is 0 Å². The normalized spacial score (nSPS) is 33.9. The van der Waals surface area contributed by atoms with E-state index in [0.29, 0.717) is 38.8 Å². The Morgan fingerprint density at radius 2 is 2.16 bits per heavy atom. The molecule has 1 saturated carbocycles. The number of rotatable bonds is 7. The average molecular weight is 273 g/mol. The molecule has 3 unspecified atom stereocenters. The summed E-state index contributed by atoms with van der Waals surface area (Å²) in [5.41, 5.74) is -0.800. The lowest BCUT2D eigenvalue weighted by Crippen LogP contribution is -2.47. The van der Waals surface area contributed by atoms with E-state index in [9.17, 15) is 10.2 Å². The van der Waals surface area contributed by atoms with Crippen molar-refractivity contribution in [3.05, 3.63) is 0 Å². The molecule has 0 radical (unpaired) electrons. The van der Waals surface area contributed by atoms with Gasteiger partial charge in [0, 0.05) is 26.1 Å². The molecule has 5 heteroatoms. The fraction of sp³-hybridized carbons (Fsp3) is 1.00. The van der Waals surface area contributed by atoms with Crippen molar-refractivity contribution < 1.29 is 19.7 Å². The van der Waals surface area contributed by atoms with Gasteiger partial charge in [0.15, 0.2) is 0 Å². The maximum absolute atomic E-state index is 10.3. The van der Waals surface area contributed by atoms with Crippen LogP contribution in [0.3, 0.4) is 0 Å². The molecule has 0 bridgehead atoms. The predicted molar refractivity (Wildman–Crippen MR) is 72.1 cm³/mol. The minimum Gasteiger partial charge on any atom is -0.389 e. The van der Waals surface area contributed by atoms with E-state index in [4.69, 9.17) is 9.47 Å². The Morgan fingerprint density at radius 1 is 1.42 bits per heavy atom. The van der Waals surface area contributed by atoms with Crippen LogP contribution in [0.15, 0.2) is 0 Å². The van der Waals surface area contributed by atoms with Gasteiger partial charge in [-0.15, -0.1) is 0 Å². The van der Waals surface area contributed by atoms with Crippen LogP contribution < -0.4 is 5.32 Å². The molecule has 3 N–H and O–H groups in total. The van der Waals surface area contributed by atoms with Gasteiger partial charge in [-0.05, 0) is 19.8 Å². The molecule has 5 nitrogen and oxygen atoms in total. The number of ether oxygens (including phenoxy) is 2. The summed E-state index contributed by atoms with van der Waals surface area (Å²) < 4.78 is 11.0. The molecule has 1 heterocycles. The molecule has 0 aromatic carbocycles. The number of aliphatic hydroxyl groups excluding tert-OH is 1. The van der Waals surface area contributed by atoms with E-state index in [1.165, 1.54) is 12.8 Å². The van der Waals surface area contributed by atoms with E-state index < -0.39 is 11.7 Å². The highest BCUT2D eigenvalue weighted by Crippen LogP contribution is 2.24. The minimum absolute atomic E-state index is 0.146. The van der Waals surface area contributed by atoms with Crippen LogP contribution >= 0.6 is 0 Å². The maximum Gasteiger partial charge on any atom is 0.105 e. The van der Waals surface area contributed by atoms with E-state index in [-0.39, 0.29) is 6.10 Å². The first-order chi connectivity index (χ1) is 9.10. The summed E-state index contributed by atoms with van der Waals surface area (Å²) in [5.74, 6) is 0. The van der Waals surface area contributed by atoms with E-state index in [1.807, 2.05) is 6.92 Å². The first-order valence-electron chi connectivity index (χ1n) is 7.44. The third-order valence-electron chi connectivity index (χ3n) is 4.30. The SMILES string of the molecule is CC1OCCC1(O)CNCC(O)COC1CCCC1. The summed E-state index contributed by atoms with van der Waals surface area (Å²) >= 11 is 0. The number of hydrogen-bond donors (Lipinski definition) is 3. The lowest BCUT2D eigenvalue weighted by molar-refractivity contribution is -0.0324. The summed E-state index contributed by atoms with van der Waals surface area (Å²) in [6.07, 6.45) is 5.04. The number of hydrogen-bond acceptors (Lipinski definition) is 5. The van der Waals surface area contributed by atoms with Crippen LogP contribution in [0.4, 0.5) is 0 Å². The van der Waals surface area contributed by atoms with Gasteiger partial charge in [-0.2, -0.15) is 0 Å². The highest BCUT2D eigenvalue weighted by Gasteiger charge is 2.39. The van der Waals surface area contributed by atoms with Gasteiger partial charge in [0.2, 0.25) is 0 Å². The first kappa shape index (κ1) is 15.2. The van der Waals surface area contributed by atoms with Crippen molar-refractivity contribution in [3.8, 4) is 0 Å². The predicted octanol–water partition coefficient (Wildman–Crippen LogP) is 0.436. The summed E-state index contributed by atoms with van der Waals surface area (Å²) in [4.78, 5) is 0. The van der Waals surface area contributed by atoms with E-state index in [1.54, 1.807) is 0 Å². The summed E-state index contributed by atoms with van der Waals surface area (Å²) in [5, 5.41) is 23.2. The Balaban J connectivity index is 1.57. The van der Waals surface area contributed by atoms with Crippen LogP contribution in [0, 0.1) is 0 Å². The molecule has 2 aliphatic rings. The van der Waals surface area contributed by atoms with Gasteiger partial charge in [-0.1, -0.05) is 12.8 Å². The van der Waals surface area contributed by atoms with Crippen molar-refractivity contribution in [2.75, 3.05) is 26.3 Å². The van der Waals surface area contributed by atoms with Gasteiger partial charge in [0.05, 0.1) is 24.9 Å². The van der Waals surface area contributed by atoms with Crippen molar-refractivity contribution in [2.45, 2.75) is 62.9 Å². The van der Waals surface area contributed by atoms with Gasteiger partial charge in [0.25, 0.3) is 0 Å². The molecule has 3 atom stereocenters. The smallest absolute Gasteiger partial charge is 0.105 e. The van der Waals surface area contributed by atoms with Crippen LogP contribution in [-0.4, -0.2) is 60.4 Å². The van der Waals surface area contributed by atoms with Gasteiger partial charge >= 0.3 is 0 Å². The van der Waals surface area contributed by atoms with Crippen molar-refractivity contribution in [1.29, 1.82) is 0 Å². The summed E-state index contributed by atoms with van der Waals surface area (Å²) in [6.45, 7) is 3.76. The zero-order chi connectivity index (χ0) is 13.7. The molecule has 0 spiro atoms. The van der Waals surface area contributed by atoms with Gasteiger partial charge < -0.3 is 25.0 Å². The fourth-order valence-electron chi connectivity index (χ4n) is 2.82. The van der Waals surface area contributed by atoms with Gasteiger partial charge in [0.1, 0.15) is 5.60 Å². The second-order valence-corrected chi connectivity index (χ2v) is 5.89. The maximum atomic E-state index is 10.3. The Morgan fingerprint density at radius 3 is 2.79 bits per heavy atom. The van der Waals surface area contributed by atoms with Crippen molar-refractivity contribution >= 4 is 0 Å². The molecule has 0 amide bonds. The molecule has 2 fully saturated rings. The van der Waals surface area contributed by atoms with Gasteiger partial charge in [-0.3, -0.25) is 0 Å². The Labute approximate surface area is 115 Å². The number of nitrogens with one attached hydrogen (secondary N) is 1. The van der Waals surface area contributed by atoms with Crippen LogP contribution in [-0.2, 0) is 9.47 Å². The molecule has 0 aromatic heterocycles. The van der Waals surface area contributed by atoms with E-state index >= 15 is 0 Å². The zero-order valence-corrected chi connectivity index (χ0v) is 11.8. The Hall–Kier alpha value is -0.200. The third kappa shape index (κ3) is 4.39. The molecular weight excluding hydrogens is 246 g/mol. The van der Waals surface area contributed by atoms with Crippen LogP contribution in [0.1, 0.15) is 39.0 Å². The van der Waals surface area contributed by atoms with E-state index in [2.05, 4.69) is 5.32 Å². The molecule has 1 saturated heterocycles. The Kier molecular flexibility index (Phi) is 5.59. The molecule has 19 heavy (non-hydrogen) atoms. The summed E-state index contributed by atoms with van der Waals surface area (Å²) in [7, 11) is 0. The standard InChI is InChI=1S/C14H27NO4/c1-11-14(17,6-7-18-11)10-15-8-12(16)9-19-13-4-2-3-5-13/h11-13,15-17H,2-10H2,1H3. The lowest BCUT2D eigenvalue weighted by Gasteiger charge is -2.27. The van der Waals surface area contributed by atoms with Crippen molar-refractivity contribution in [3.63, 3.8) is 0 Å². The second-order valence-electron chi connectivity index (χ2n) is 5.89. The largest absolute Gasteiger partial charge is 0.389 e. The van der Waals surface area contributed by atoms with Crippen LogP contribution in [0.2, 0.25) is 0 Å². The molecule has 2 rings (SSSR count). The number of aliphatic hydroxyl groups is 2. The van der Waals surface area contributed by atoms with E-state index in [0.717, 1.165) is 12.8 Å². The fourth-order valence-corrected chi connectivity index (χ4v) is 2.82. The molecule has 1 aliphatic carbocycles. The quantitative estimate of drug-likeness (QED) is 0.628. The third-order valence-corrected chi connectivity index (χ3v) is 4.30. The first-order valence-corrected chi connectivity index (χ1v) is 7.44. The minimum atomic E-state index is -0.800. The Bertz CT molecular complexity index is 270. The average Bonchev–Trinajstić information content (AvgIpc) is 2.99. The molecule has 1 aliphatic heterocycles. The molecular formula is C14H27NO4. The molecule has 112 valence electrons. The topological polar surface area (TPSA) is 71.0 Å². The second kappa shape index (κ2) is 6.99. The molecule has 0 aromatic rings. The lowest BCUT2D eigenvalue weighted by atomic mass is 9.97. The van der Waals surface area contributed by atoms with Crippen molar-refractivity contribution in [2.24, 2.45) is 0 Å². The van der Waals surface area contributed by atoms with Gasteiger partial charge in [-0.25, -0.2) is 0 Å². The zero-order valence-electron chi connectivity index (χ0n) is 11.8. The highest BCUT2D eigenvalue weighted by molar-refractivity contribution is 4.91. The van der Waals surface area contributed by atoms with Crippen LogP contribution in [0.25, 0.3) is 0 Å². The van der Waals surface area contributed by atoms with Crippen molar-refractivity contribution in [1.82, 2.24) is 5.32 Å². The highest BCUT2D eigenvalue weighted by atomic mass is 16.5. The monoisotopic (exact) mass is 273 g/mol.